The van der Waals surface area contributed by atoms with Crippen molar-refractivity contribution < 1.29 is 0 Å². The minimum atomic E-state index is 0.292. The van der Waals surface area contributed by atoms with Gasteiger partial charge in [-0.3, -0.25) is 4.68 Å². The van der Waals surface area contributed by atoms with E-state index >= 15 is 0 Å². The maximum absolute atomic E-state index is 5.27. The molecule has 0 amide bonds. The number of rotatable bonds is 2. The van der Waals surface area contributed by atoms with Gasteiger partial charge in [0.2, 0.25) is 0 Å². The normalized spacial score (nSPS) is 9.71. The average molecular weight is 194 g/mol. The van der Waals surface area contributed by atoms with E-state index in [1.54, 1.807) is 10.9 Å². The molecule has 1 aromatic heterocycles. The van der Waals surface area contributed by atoms with Crippen LogP contribution < -0.4 is 5.73 Å². The summed E-state index contributed by atoms with van der Waals surface area (Å²) < 4.78 is 1.73. The molecule has 0 atom stereocenters. The molecular formula is C10H18N4. The van der Waals surface area contributed by atoms with Crippen LogP contribution in [-0.2, 0) is 7.05 Å². The highest BCUT2D eigenvalue weighted by molar-refractivity contribution is 5.79. The van der Waals surface area contributed by atoms with Crippen LogP contribution in [0.4, 0.5) is 0 Å². The van der Waals surface area contributed by atoms with Crippen LogP contribution in [0, 0.1) is 6.92 Å². The summed E-state index contributed by atoms with van der Waals surface area (Å²) in [5, 5.41) is 4.15. The molecule has 0 aliphatic heterocycles. The quantitative estimate of drug-likeness (QED) is 0.727. The summed E-state index contributed by atoms with van der Waals surface area (Å²) in [5.74, 6) is 0.292. The molecule has 78 valence electrons. The Morgan fingerprint density at radius 2 is 2.21 bits per heavy atom. The van der Waals surface area contributed by atoms with Gasteiger partial charge in [0, 0.05) is 13.2 Å². The Kier molecular flexibility index (Phi) is 5.29. The van der Waals surface area contributed by atoms with E-state index in [0.717, 1.165) is 11.3 Å². The predicted molar refractivity (Wildman–Crippen MR) is 60.2 cm³/mol. The largest absolute Gasteiger partial charge is 0.384 e. The summed E-state index contributed by atoms with van der Waals surface area (Å²) in [5.41, 5.74) is 7.17. The van der Waals surface area contributed by atoms with Crippen LogP contribution in [0.5, 0.6) is 0 Å². The fourth-order valence-corrected chi connectivity index (χ4v) is 0.896. The van der Waals surface area contributed by atoms with Crippen LogP contribution in [0.1, 0.15) is 25.1 Å². The zero-order chi connectivity index (χ0) is 11.1. The van der Waals surface area contributed by atoms with Crippen molar-refractivity contribution in [3.8, 4) is 0 Å². The van der Waals surface area contributed by atoms with Gasteiger partial charge in [0.25, 0.3) is 0 Å². The Balaban J connectivity index is 0.000000791. The highest BCUT2D eigenvalue weighted by Gasteiger charge is 1.98. The monoisotopic (exact) mass is 194 g/mol. The maximum Gasteiger partial charge on any atom is 0.116 e. The number of hydrogen-bond donors (Lipinski definition) is 1. The van der Waals surface area contributed by atoms with E-state index in [-0.39, 0.29) is 0 Å². The Morgan fingerprint density at radius 1 is 1.64 bits per heavy atom. The van der Waals surface area contributed by atoms with Crippen molar-refractivity contribution in [2.24, 2.45) is 17.8 Å². The maximum atomic E-state index is 5.27. The summed E-state index contributed by atoms with van der Waals surface area (Å²) in [6.45, 7) is 9.42. The molecule has 1 rings (SSSR count). The second-order valence-electron chi connectivity index (χ2n) is 2.62. The molecule has 0 aliphatic carbocycles. The lowest BCUT2D eigenvalue weighted by Gasteiger charge is -1.87. The van der Waals surface area contributed by atoms with Gasteiger partial charge in [-0.25, -0.2) is 4.99 Å². The molecule has 0 fully saturated rings. The Morgan fingerprint density at radius 3 is 2.57 bits per heavy atom. The number of nitrogens with zero attached hydrogens (tertiary/aromatic N) is 3. The van der Waals surface area contributed by atoms with Gasteiger partial charge in [0.15, 0.2) is 0 Å². The first-order valence-corrected chi connectivity index (χ1v) is 4.58. The van der Waals surface area contributed by atoms with E-state index in [2.05, 4.69) is 16.7 Å². The van der Waals surface area contributed by atoms with Crippen LogP contribution in [-0.4, -0.2) is 16.0 Å². The van der Waals surface area contributed by atoms with Crippen molar-refractivity contribution in [1.29, 1.82) is 0 Å². The number of nitrogens with two attached hydrogens (primary N) is 1. The van der Waals surface area contributed by atoms with E-state index < -0.39 is 0 Å². The predicted octanol–water partition coefficient (Wildman–Crippen LogP) is 1.60. The topological polar surface area (TPSA) is 56.2 Å². The fraction of sp³-hybridized carbons (Fsp3) is 0.400. The Bertz CT molecular complexity index is 323. The molecular weight excluding hydrogens is 176 g/mol. The van der Waals surface area contributed by atoms with Gasteiger partial charge in [-0.05, 0) is 12.5 Å². The van der Waals surface area contributed by atoms with Crippen LogP contribution in [0.15, 0.2) is 23.6 Å². The van der Waals surface area contributed by atoms with Gasteiger partial charge >= 0.3 is 0 Å². The number of aromatic nitrogens is 2. The lowest BCUT2D eigenvalue weighted by atomic mass is 10.3. The van der Waals surface area contributed by atoms with E-state index in [1.807, 2.05) is 34.0 Å². The van der Waals surface area contributed by atoms with Gasteiger partial charge in [-0.15, -0.1) is 0 Å². The molecule has 4 heteroatoms. The smallest absolute Gasteiger partial charge is 0.116 e. The van der Waals surface area contributed by atoms with Gasteiger partial charge in [0.1, 0.15) is 11.5 Å². The van der Waals surface area contributed by atoms with Crippen LogP contribution >= 0.6 is 0 Å². The molecule has 1 aromatic rings. The molecule has 0 saturated heterocycles. The van der Waals surface area contributed by atoms with Crippen LogP contribution in [0.25, 0.3) is 0 Å². The molecule has 0 saturated carbocycles. The van der Waals surface area contributed by atoms with Crippen LogP contribution in [0.2, 0.25) is 0 Å². The molecule has 0 aromatic carbocycles. The third-order valence-corrected chi connectivity index (χ3v) is 1.40. The van der Waals surface area contributed by atoms with Crippen molar-refractivity contribution in [2.45, 2.75) is 20.8 Å². The Hall–Kier alpha value is -1.58. The van der Waals surface area contributed by atoms with Crippen molar-refractivity contribution in [1.82, 2.24) is 9.78 Å². The highest BCUT2D eigenvalue weighted by atomic mass is 15.3. The fourth-order valence-electron chi connectivity index (χ4n) is 0.896. The lowest BCUT2D eigenvalue weighted by Crippen LogP contribution is -1.94. The molecule has 14 heavy (non-hydrogen) atoms. The van der Waals surface area contributed by atoms with Crippen LogP contribution in [0.3, 0.4) is 0 Å². The van der Waals surface area contributed by atoms with E-state index in [4.69, 9.17) is 5.73 Å². The van der Waals surface area contributed by atoms with Gasteiger partial charge < -0.3 is 5.73 Å². The number of hydrogen-bond acceptors (Lipinski definition) is 3. The lowest BCUT2D eigenvalue weighted by molar-refractivity contribution is 0.765. The van der Waals surface area contributed by atoms with Crippen molar-refractivity contribution in [3.05, 3.63) is 29.9 Å². The zero-order valence-electron chi connectivity index (χ0n) is 9.28. The van der Waals surface area contributed by atoms with Gasteiger partial charge in [-0.2, -0.15) is 5.10 Å². The summed E-state index contributed by atoms with van der Waals surface area (Å²) >= 11 is 0. The average Bonchev–Trinajstić information content (AvgIpc) is 2.45. The minimum absolute atomic E-state index is 0.292. The standard InChI is InChI=1S/C8H12N4.C2H6/c1-6-5-12(3)11-8(6)4-10-7(2)9;1-2/h4-5H,2,9H2,1,3H3;1-2H3/b10-4-;. The number of aliphatic imine (C=N–C) groups is 1. The summed E-state index contributed by atoms with van der Waals surface area (Å²) in [6, 6.07) is 0. The van der Waals surface area contributed by atoms with E-state index in [0.29, 0.717) is 5.82 Å². The van der Waals surface area contributed by atoms with E-state index in [1.165, 1.54) is 0 Å². The summed E-state index contributed by atoms with van der Waals surface area (Å²) in [6.07, 6.45) is 3.53. The van der Waals surface area contributed by atoms with Crippen molar-refractivity contribution in [2.75, 3.05) is 0 Å². The second kappa shape index (κ2) is 5.96. The third kappa shape index (κ3) is 3.89. The van der Waals surface area contributed by atoms with Crippen molar-refractivity contribution >= 4 is 6.21 Å². The molecule has 0 aliphatic rings. The number of aryl methyl sites for hydroxylation is 2. The summed E-state index contributed by atoms with van der Waals surface area (Å²) in [7, 11) is 1.86. The summed E-state index contributed by atoms with van der Waals surface area (Å²) in [4.78, 5) is 3.85. The SMILES string of the molecule is C=C(N)/N=C\c1nn(C)cc1C.CC. The highest BCUT2D eigenvalue weighted by Crippen LogP contribution is 2.00. The van der Waals surface area contributed by atoms with Crippen molar-refractivity contribution in [3.63, 3.8) is 0 Å². The molecule has 0 unspecified atom stereocenters. The van der Waals surface area contributed by atoms with Gasteiger partial charge in [-0.1, -0.05) is 20.4 Å². The zero-order valence-corrected chi connectivity index (χ0v) is 9.28. The van der Waals surface area contributed by atoms with E-state index in [9.17, 15) is 0 Å². The molecule has 2 N–H and O–H groups in total. The van der Waals surface area contributed by atoms with Gasteiger partial charge in [0.05, 0.1) is 6.21 Å². The second-order valence-corrected chi connectivity index (χ2v) is 2.62. The molecule has 0 spiro atoms. The Labute approximate surface area is 85.1 Å². The first-order chi connectivity index (χ1) is 6.59. The minimum Gasteiger partial charge on any atom is -0.384 e. The first kappa shape index (κ1) is 12.4. The first-order valence-electron chi connectivity index (χ1n) is 4.58. The molecule has 0 radical (unpaired) electrons. The molecule has 0 bridgehead atoms. The third-order valence-electron chi connectivity index (χ3n) is 1.40. The molecule has 4 nitrogen and oxygen atoms in total. The molecule has 1 heterocycles.